The summed E-state index contributed by atoms with van der Waals surface area (Å²) in [5.41, 5.74) is 3.45. The van der Waals surface area contributed by atoms with E-state index in [9.17, 15) is 18.0 Å². The van der Waals surface area contributed by atoms with Gasteiger partial charge in [0.2, 0.25) is 11.8 Å². The van der Waals surface area contributed by atoms with Crippen molar-refractivity contribution in [2.24, 2.45) is 10.9 Å². The number of hydrogen-bond donors (Lipinski definition) is 1. The Balaban J connectivity index is 1.53. The lowest BCUT2D eigenvalue weighted by Gasteiger charge is -2.25. The normalized spacial score (nSPS) is 15.9. The first kappa shape index (κ1) is 35.3. The van der Waals surface area contributed by atoms with Crippen LogP contribution in [-0.2, 0) is 32.7 Å². The van der Waals surface area contributed by atoms with E-state index in [0.29, 0.717) is 41.3 Å². The molecule has 1 aromatic heterocycles. The van der Waals surface area contributed by atoms with Crippen LogP contribution in [0.1, 0.15) is 101 Å². The van der Waals surface area contributed by atoms with Gasteiger partial charge in [0.05, 0.1) is 17.1 Å². The van der Waals surface area contributed by atoms with Gasteiger partial charge in [0.1, 0.15) is 11.4 Å². The van der Waals surface area contributed by atoms with Gasteiger partial charge in [-0.05, 0) is 68.2 Å². The SMILES string of the molecule is CCCCC1=NC2(CCCC2)C(=O)N1Cc1ccc(-c2ccccc2S(=O)(=O)Nc2onc(C)c2C)c(CN(C)C(=O)CCC(C)C)c1. The Labute approximate surface area is 285 Å². The van der Waals surface area contributed by atoms with E-state index in [0.717, 1.165) is 68.3 Å². The molecule has 258 valence electrons. The lowest BCUT2D eigenvalue weighted by molar-refractivity contribution is -0.131. The second kappa shape index (κ2) is 14.6. The fraction of sp³-hybridized carbons (Fsp3) is 0.514. The van der Waals surface area contributed by atoms with Crippen molar-refractivity contribution < 1.29 is 22.5 Å². The summed E-state index contributed by atoms with van der Waals surface area (Å²) in [6.45, 7) is 10.5. The minimum atomic E-state index is -4.08. The number of aliphatic imine (C=N–C) groups is 1. The van der Waals surface area contributed by atoms with Crippen LogP contribution < -0.4 is 4.72 Å². The van der Waals surface area contributed by atoms with Crippen molar-refractivity contribution >= 4 is 33.6 Å². The Morgan fingerprint density at radius 3 is 2.50 bits per heavy atom. The highest BCUT2D eigenvalue weighted by Gasteiger charge is 2.49. The Bertz CT molecular complexity index is 1790. The number of benzene rings is 2. The zero-order chi connectivity index (χ0) is 34.6. The summed E-state index contributed by atoms with van der Waals surface area (Å²) < 4.78 is 35.5. The van der Waals surface area contributed by atoms with E-state index >= 15 is 0 Å². The van der Waals surface area contributed by atoms with Gasteiger partial charge in [-0.3, -0.25) is 19.5 Å². The third-order valence-corrected chi connectivity index (χ3v) is 11.0. The zero-order valence-electron chi connectivity index (χ0n) is 29.1. The Morgan fingerprint density at radius 1 is 1.10 bits per heavy atom. The number of carbonyl (C=O) groups excluding carboxylic acids is 2. The van der Waals surface area contributed by atoms with Crippen molar-refractivity contribution in [1.82, 2.24) is 15.0 Å². The van der Waals surface area contributed by atoms with Crippen molar-refractivity contribution in [3.8, 4) is 11.1 Å². The van der Waals surface area contributed by atoms with Gasteiger partial charge in [0.15, 0.2) is 0 Å². The van der Waals surface area contributed by atoms with Gasteiger partial charge in [-0.2, -0.15) is 0 Å². The Hall–Kier alpha value is -3.99. The molecule has 2 amide bonds. The first-order valence-corrected chi connectivity index (χ1v) is 18.6. The highest BCUT2D eigenvalue weighted by atomic mass is 32.2. The molecule has 0 radical (unpaired) electrons. The summed E-state index contributed by atoms with van der Waals surface area (Å²) in [4.78, 5) is 35.8. The standard InChI is InChI=1S/C37H49N5O5S/c1-7-8-15-33-38-37(20-11-12-21-37)36(44)42(33)23-28-17-18-30(29(22-28)24-41(6)34(43)19-16-25(2)3)31-13-9-10-14-32(31)48(45,46)40-35-26(4)27(5)39-47-35/h9-10,13-14,17-18,22,25,40H,7-8,11-12,15-16,19-21,23-24H2,1-6H3. The number of unbranched alkanes of at least 4 members (excludes halogenated alkanes) is 1. The molecular formula is C37H49N5O5S. The average molecular weight is 676 g/mol. The lowest BCUT2D eigenvalue weighted by atomic mass is 9.95. The number of hydrogen-bond acceptors (Lipinski definition) is 7. The molecule has 2 aliphatic rings. The lowest BCUT2D eigenvalue weighted by Crippen LogP contribution is -2.40. The van der Waals surface area contributed by atoms with Gasteiger partial charge in [-0.15, -0.1) is 0 Å². The van der Waals surface area contributed by atoms with E-state index in [-0.39, 0.29) is 29.1 Å². The highest BCUT2D eigenvalue weighted by molar-refractivity contribution is 7.92. The number of amidine groups is 1. The second-order valence-corrected chi connectivity index (χ2v) is 15.4. The van der Waals surface area contributed by atoms with Crippen molar-refractivity contribution in [2.45, 2.75) is 116 Å². The smallest absolute Gasteiger partial charge is 0.264 e. The fourth-order valence-corrected chi connectivity index (χ4v) is 7.85. The van der Waals surface area contributed by atoms with E-state index in [1.165, 1.54) is 0 Å². The van der Waals surface area contributed by atoms with Crippen molar-refractivity contribution in [3.63, 3.8) is 0 Å². The van der Waals surface area contributed by atoms with Crippen LogP contribution in [0.25, 0.3) is 11.1 Å². The van der Waals surface area contributed by atoms with E-state index in [1.54, 1.807) is 50.1 Å². The number of sulfonamides is 1. The van der Waals surface area contributed by atoms with Gasteiger partial charge >= 0.3 is 0 Å². The summed E-state index contributed by atoms with van der Waals surface area (Å²) >= 11 is 0. The van der Waals surface area contributed by atoms with Crippen LogP contribution in [0, 0.1) is 19.8 Å². The predicted molar refractivity (Wildman–Crippen MR) is 188 cm³/mol. The predicted octanol–water partition coefficient (Wildman–Crippen LogP) is 7.40. The number of rotatable bonds is 14. The minimum Gasteiger partial charge on any atom is -0.341 e. The monoisotopic (exact) mass is 675 g/mol. The summed E-state index contributed by atoms with van der Waals surface area (Å²) in [7, 11) is -2.30. The molecule has 10 nitrogen and oxygen atoms in total. The number of amides is 2. The van der Waals surface area contributed by atoms with E-state index in [1.807, 2.05) is 23.1 Å². The van der Waals surface area contributed by atoms with Gasteiger partial charge in [0.25, 0.3) is 15.9 Å². The van der Waals surface area contributed by atoms with E-state index in [2.05, 4.69) is 30.6 Å². The number of anilines is 1. The highest BCUT2D eigenvalue weighted by Crippen LogP contribution is 2.40. The van der Waals surface area contributed by atoms with Crippen LogP contribution in [0.3, 0.4) is 0 Å². The maximum Gasteiger partial charge on any atom is 0.264 e. The van der Waals surface area contributed by atoms with Crippen molar-refractivity contribution in [3.05, 3.63) is 64.8 Å². The molecule has 0 atom stereocenters. The number of aromatic nitrogens is 1. The molecule has 48 heavy (non-hydrogen) atoms. The maximum absolute atomic E-state index is 13.9. The van der Waals surface area contributed by atoms with E-state index in [4.69, 9.17) is 9.52 Å². The summed E-state index contributed by atoms with van der Waals surface area (Å²) in [6.07, 6.45) is 7.52. The molecule has 0 saturated heterocycles. The Morgan fingerprint density at radius 2 is 1.83 bits per heavy atom. The largest absolute Gasteiger partial charge is 0.341 e. The molecule has 2 heterocycles. The average Bonchev–Trinajstić information content (AvgIpc) is 3.73. The first-order chi connectivity index (χ1) is 22.8. The molecule has 1 aliphatic heterocycles. The quantitative estimate of drug-likeness (QED) is 0.190. The van der Waals surface area contributed by atoms with Gasteiger partial charge in [-0.25, -0.2) is 13.1 Å². The molecule has 1 fully saturated rings. The summed E-state index contributed by atoms with van der Waals surface area (Å²) in [5.74, 6) is 1.43. The molecule has 0 bridgehead atoms. The summed E-state index contributed by atoms with van der Waals surface area (Å²) in [6, 6.07) is 12.7. The second-order valence-electron chi connectivity index (χ2n) is 13.8. The fourth-order valence-electron chi connectivity index (χ4n) is 6.58. The third kappa shape index (κ3) is 7.51. The van der Waals surface area contributed by atoms with Crippen molar-refractivity contribution in [1.29, 1.82) is 0 Å². The van der Waals surface area contributed by atoms with Crippen LogP contribution >= 0.6 is 0 Å². The molecule has 5 rings (SSSR count). The number of aryl methyl sites for hydroxylation is 1. The third-order valence-electron chi connectivity index (χ3n) is 9.61. The minimum absolute atomic E-state index is 0.0191. The van der Waals surface area contributed by atoms with Gasteiger partial charge in [0, 0.05) is 37.6 Å². The Kier molecular flexibility index (Phi) is 10.8. The number of carbonyl (C=O) groups is 2. The molecule has 1 N–H and O–H groups in total. The number of nitrogens with one attached hydrogen (secondary N) is 1. The molecular weight excluding hydrogens is 627 g/mol. The molecule has 1 aliphatic carbocycles. The van der Waals surface area contributed by atoms with Gasteiger partial charge < -0.3 is 9.42 Å². The van der Waals surface area contributed by atoms with Crippen molar-refractivity contribution in [2.75, 3.05) is 11.8 Å². The molecule has 11 heteroatoms. The van der Waals surface area contributed by atoms with Crippen LogP contribution in [0.4, 0.5) is 5.88 Å². The van der Waals surface area contributed by atoms with Crippen LogP contribution in [0.15, 0.2) is 56.9 Å². The molecule has 0 unspecified atom stereocenters. The molecule has 3 aromatic rings. The van der Waals surface area contributed by atoms with Crippen LogP contribution in [0.5, 0.6) is 0 Å². The molecule has 1 saturated carbocycles. The summed E-state index contributed by atoms with van der Waals surface area (Å²) in [5, 5.41) is 3.89. The maximum atomic E-state index is 13.9. The topological polar surface area (TPSA) is 125 Å². The molecule has 1 spiro atoms. The van der Waals surface area contributed by atoms with Gasteiger partial charge in [-0.1, -0.05) is 81.6 Å². The van der Waals surface area contributed by atoms with E-state index < -0.39 is 15.6 Å². The zero-order valence-corrected chi connectivity index (χ0v) is 30.0. The first-order valence-electron chi connectivity index (χ1n) is 17.2. The van der Waals surface area contributed by atoms with Crippen LogP contribution in [-0.4, -0.2) is 53.6 Å². The number of nitrogens with zero attached hydrogens (tertiary/aromatic N) is 4. The molecule has 2 aromatic carbocycles. The van der Waals surface area contributed by atoms with Crippen LogP contribution in [0.2, 0.25) is 0 Å².